The number of benzene rings is 2. The molecule has 2 heterocycles. The Bertz CT molecular complexity index is 1010. The van der Waals surface area contributed by atoms with Gasteiger partial charge in [-0.1, -0.05) is 0 Å². The Kier molecular flexibility index (Phi) is 6.20. The van der Waals surface area contributed by atoms with E-state index in [0.717, 1.165) is 43.7 Å². The molecule has 0 aliphatic carbocycles. The molecule has 0 aromatic heterocycles. The van der Waals surface area contributed by atoms with E-state index in [9.17, 15) is 25.0 Å². The van der Waals surface area contributed by atoms with Crippen LogP contribution in [0.2, 0.25) is 0 Å². The van der Waals surface area contributed by atoms with E-state index < -0.39 is 9.85 Å². The number of piperazine rings is 1. The topological polar surface area (TPSA) is 113 Å². The molecule has 32 heavy (non-hydrogen) atoms. The van der Waals surface area contributed by atoms with Crippen LogP contribution in [0.15, 0.2) is 42.5 Å². The fraction of sp³-hybridized carbons (Fsp3) is 0.409. The third-order valence-corrected chi connectivity index (χ3v) is 6.11. The minimum Gasteiger partial charge on any atom is -0.371 e. The summed E-state index contributed by atoms with van der Waals surface area (Å²) < 4.78 is 0. The molecule has 0 atom stereocenters. The van der Waals surface area contributed by atoms with E-state index in [-0.39, 0.29) is 17.3 Å². The van der Waals surface area contributed by atoms with Crippen molar-refractivity contribution in [1.82, 2.24) is 4.90 Å². The summed E-state index contributed by atoms with van der Waals surface area (Å²) in [6.45, 7) is 3.78. The second-order valence-electron chi connectivity index (χ2n) is 8.06. The summed E-state index contributed by atoms with van der Waals surface area (Å²) in [6, 6.07) is 10.9. The van der Waals surface area contributed by atoms with Crippen molar-refractivity contribution in [2.75, 3.05) is 49.1 Å². The van der Waals surface area contributed by atoms with Crippen LogP contribution >= 0.6 is 0 Å². The molecule has 2 fully saturated rings. The summed E-state index contributed by atoms with van der Waals surface area (Å²) in [5.74, 6) is -0.197. The average molecular weight is 439 g/mol. The van der Waals surface area contributed by atoms with Crippen molar-refractivity contribution in [3.8, 4) is 0 Å². The van der Waals surface area contributed by atoms with Crippen LogP contribution in [-0.4, -0.2) is 59.9 Å². The molecule has 2 aromatic rings. The Labute approximate surface area is 185 Å². The molecule has 0 bridgehead atoms. The number of nitrogens with zero attached hydrogens (tertiary/aromatic N) is 5. The van der Waals surface area contributed by atoms with E-state index in [1.807, 2.05) is 0 Å². The van der Waals surface area contributed by atoms with Gasteiger partial charge in [-0.25, -0.2) is 0 Å². The Balaban J connectivity index is 1.50. The van der Waals surface area contributed by atoms with E-state index in [1.54, 1.807) is 23.1 Å². The highest BCUT2D eigenvalue weighted by Gasteiger charge is 2.28. The first-order valence-corrected chi connectivity index (χ1v) is 10.8. The van der Waals surface area contributed by atoms with E-state index >= 15 is 0 Å². The lowest BCUT2D eigenvalue weighted by Gasteiger charge is -2.37. The third kappa shape index (κ3) is 4.48. The molecule has 0 N–H and O–H groups in total. The number of hydrogen-bond acceptors (Lipinski definition) is 7. The van der Waals surface area contributed by atoms with Crippen LogP contribution in [0.3, 0.4) is 0 Å². The van der Waals surface area contributed by atoms with Crippen LogP contribution in [0, 0.1) is 20.2 Å². The molecule has 2 aliphatic heterocycles. The molecular weight excluding hydrogens is 414 g/mol. The van der Waals surface area contributed by atoms with Crippen LogP contribution in [0.5, 0.6) is 0 Å². The Morgan fingerprint density at radius 2 is 1.31 bits per heavy atom. The summed E-state index contributed by atoms with van der Waals surface area (Å²) in [7, 11) is 0. The maximum absolute atomic E-state index is 13.4. The van der Waals surface area contributed by atoms with E-state index in [4.69, 9.17) is 0 Å². The van der Waals surface area contributed by atoms with Crippen molar-refractivity contribution in [2.45, 2.75) is 19.3 Å². The zero-order valence-corrected chi connectivity index (χ0v) is 17.7. The minimum absolute atomic E-state index is 0.0403. The Morgan fingerprint density at radius 1 is 0.719 bits per heavy atom. The van der Waals surface area contributed by atoms with Gasteiger partial charge in [-0.2, -0.15) is 0 Å². The first kappa shape index (κ1) is 21.5. The van der Waals surface area contributed by atoms with Crippen molar-refractivity contribution in [2.24, 2.45) is 0 Å². The van der Waals surface area contributed by atoms with Crippen LogP contribution in [-0.2, 0) is 0 Å². The second kappa shape index (κ2) is 9.21. The Hall–Kier alpha value is -3.69. The van der Waals surface area contributed by atoms with Crippen LogP contribution < -0.4 is 9.80 Å². The van der Waals surface area contributed by atoms with Gasteiger partial charge >= 0.3 is 0 Å². The van der Waals surface area contributed by atoms with Crippen LogP contribution in [0.4, 0.5) is 22.7 Å². The van der Waals surface area contributed by atoms with E-state index in [2.05, 4.69) is 9.80 Å². The Morgan fingerprint density at radius 3 is 1.91 bits per heavy atom. The predicted octanol–water partition coefficient (Wildman–Crippen LogP) is 3.46. The molecule has 2 aromatic carbocycles. The monoisotopic (exact) mass is 439 g/mol. The summed E-state index contributed by atoms with van der Waals surface area (Å²) in [5, 5.41) is 22.2. The summed E-state index contributed by atoms with van der Waals surface area (Å²) in [4.78, 5) is 40.6. The molecule has 168 valence electrons. The number of nitro benzene ring substituents is 2. The molecule has 0 unspecified atom stereocenters. The van der Waals surface area contributed by atoms with Gasteiger partial charge in [0.2, 0.25) is 0 Å². The van der Waals surface area contributed by atoms with E-state index in [1.165, 1.54) is 24.3 Å². The highest BCUT2D eigenvalue weighted by Crippen LogP contribution is 2.30. The molecule has 10 nitrogen and oxygen atoms in total. The smallest absolute Gasteiger partial charge is 0.270 e. The number of piperidine rings is 1. The largest absolute Gasteiger partial charge is 0.371 e. The average Bonchev–Trinajstić information content (AvgIpc) is 2.84. The van der Waals surface area contributed by atoms with Gasteiger partial charge in [0, 0.05) is 69.2 Å². The summed E-state index contributed by atoms with van der Waals surface area (Å²) in [5.41, 5.74) is 1.96. The molecule has 0 saturated carbocycles. The lowest BCUT2D eigenvalue weighted by atomic mass is 10.0. The van der Waals surface area contributed by atoms with Crippen molar-refractivity contribution in [3.63, 3.8) is 0 Å². The fourth-order valence-corrected chi connectivity index (χ4v) is 4.34. The SMILES string of the molecule is O=C(c1cc([N+](=O)[O-])ccc1N1CCCCC1)N1CCN(c2ccc([N+](=O)[O-])cc2)CC1. The van der Waals surface area contributed by atoms with Gasteiger partial charge in [0.1, 0.15) is 0 Å². The zero-order valence-electron chi connectivity index (χ0n) is 17.7. The normalized spacial score (nSPS) is 16.7. The van der Waals surface area contributed by atoms with Crippen LogP contribution in [0.25, 0.3) is 0 Å². The van der Waals surface area contributed by atoms with E-state index in [0.29, 0.717) is 31.7 Å². The molecule has 4 rings (SSSR count). The van der Waals surface area contributed by atoms with Gasteiger partial charge in [-0.15, -0.1) is 0 Å². The number of hydrogen-bond donors (Lipinski definition) is 0. The highest BCUT2D eigenvalue weighted by molar-refractivity contribution is 6.00. The van der Waals surface area contributed by atoms with Gasteiger partial charge in [0.05, 0.1) is 21.1 Å². The molecule has 1 amide bonds. The highest BCUT2D eigenvalue weighted by atomic mass is 16.6. The third-order valence-electron chi connectivity index (χ3n) is 6.11. The first-order valence-electron chi connectivity index (χ1n) is 10.8. The number of rotatable bonds is 5. The standard InChI is InChI=1S/C22H25N5O5/c28-22(20-16-19(27(31)32)8-9-21(20)24-10-2-1-3-11-24)25-14-12-23(13-15-25)17-4-6-18(7-5-17)26(29)30/h4-9,16H,1-3,10-15H2. The number of carbonyl (C=O) groups is 1. The second-order valence-corrected chi connectivity index (χ2v) is 8.06. The summed E-state index contributed by atoms with van der Waals surface area (Å²) >= 11 is 0. The first-order chi connectivity index (χ1) is 15.4. The quantitative estimate of drug-likeness (QED) is 0.518. The number of amides is 1. The summed E-state index contributed by atoms with van der Waals surface area (Å²) in [6.07, 6.45) is 3.23. The van der Waals surface area contributed by atoms with Gasteiger partial charge in [0.15, 0.2) is 0 Å². The minimum atomic E-state index is -0.469. The molecular formula is C22H25N5O5. The van der Waals surface area contributed by atoms with Gasteiger partial charge < -0.3 is 14.7 Å². The molecule has 2 saturated heterocycles. The maximum atomic E-state index is 13.4. The molecule has 0 radical (unpaired) electrons. The number of non-ortho nitro benzene ring substituents is 2. The predicted molar refractivity (Wildman–Crippen MR) is 120 cm³/mol. The number of anilines is 2. The maximum Gasteiger partial charge on any atom is 0.270 e. The lowest BCUT2D eigenvalue weighted by molar-refractivity contribution is -0.385. The van der Waals surface area contributed by atoms with Gasteiger partial charge in [-0.05, 0) is 37.5 Å². The van der Waals surface area contributed by atoms with Crippen molar-refractivity contribution in [1.29, 1.82) is 0 Å². The molecule has 2 aliphatic rings. The fourth-order valence-electron chi connectivity index (χ4n) is 4.34. The number of nitro groups is 2. The number of carbonyl (C=O) groups excluding carboxylic acids is 1. The van der Waals surface area contributed by atoms with Crippen molar-refractivity contribution in [3.05, 3.63) is 68.3 Å². The molecule has 10 heteroatoms. The van der Waals surface area contributed by atoms with Gasteiger partial charge in [-0.3, -0.25) is 25.0 Å². The lowest BCUT2D eigenvalue weighted by Crippen LogP contribution is -2.49. The zero-order chi connectivity index (χ0) is 22.7. The van der Waals surface area contributed by atoms with Crippen molar-refractivity contribution < 1.29 is 14.6 Å². The van der Waals surface area contributed by atoms with Crippen LogP contribution in [0.1, 0.15) is 29.6 Å². The van der Waals surface area contributed by atoms with Crippen molar-refractivity contribution >= 4 is 28.7 Å². The molecule has 0 spiro atoms. The van der Waals surface area contributed by atoms with Gasteiger partial charge in [0.25, 0.3) is 17.3 Å².